The molecular weight excluding hydrogens is 296 g/mol. The van der Waals surface area contributed by atoms with Gasteiger partial charge in [0.05, 0.1) is 17.7 Å². The Labute approximate surface area is 126 Å². The average molecular weight is 313 g/mol. The lowest BCUT2D eigenvalue weighted by atomic mass is 9.93. The number of ether oxygens (including phenoxy) is 1. The Morgan fingerprint density at radius 2 is 2.14 bits per heavy atom. The Morgan fingerprint density at radius 1 is 1.33 bits per heavy atom. The van der Waals surface area contributed by atoms with Gasteiger partial charge in [-0.1, -0.05) is 0 Å². The van der Waals surface area contributed by atoms with E-state index < -0.39 is 24.4 Å². The molecular formula is C13H17ClN4O3. The van der Waals surface area contributed by atoms with Crippen LogP contribution < -0.4 is 5.73 Å². The molecule has 21 heavy (non-hydrogen) atoms. The molecule has 4 N–H and O–H groups in total. The third-order valence-electron chi connectivity index (χ3n) is 4.01. The molecule has 2 aliphatic heterocycles. The molecule has 0 spiro atoms. The molecule has 0 amide bonds. The maximum Gasteiger partial charge on any atom is 0.153 e. The SMILES string of the molecule is Nc1ncnc2c1N=CC(C1OC(CCl)[C@H](O)[C@@H]1O)CC2. The number of hydrogen-bond acceptors (Lipinski definition) is 7. The van der Waals surface area contributed by atoms with E-state index in [4.69, 9.17) is 22.1 Å². The smallest absolute Gasteiger partial charge is 0.153 e. The van der Waals surface area contributed by atoms with Crippen molar-refractivity contribution in [1.82, 2.24) is 9.97 Å². The van der Waals surface area contributed by atoms with Crippen molar-refractivity contribution in [3.8, 4) is 0 Å². The minimum atomic E-state index is -0.977. The van der Waals surface area contributed by atoms with Crippen LogP contribution in [0.5, 0.6) is 0 Å². The molecule has 5 atom stereocenters. The summed E-state index contributed by atoms with van der Waals surface area (Å²) in [5.41, 5.74) is 7.15. The van der Waals surface area contributed by atoms with Crippen LogP contribution >= 0.6 is 11.6 Å². The van der Waals surface area contributed by atoms with Gasteiger partial charge in [-0.05, 0) is 12.8 Å². The Bertz CT molecular complexity index is 556. The molecule has 0 radical (unpaired) electrons. The van der Waals surface area contributed by atoms with Gasteiger partial charge in [-0.2, -0.15) is 0 Å². The van der Waals surface area contributed by atoms with E-state index in [1.54, 1.807) is 6.21 Å². The lowest BCUT2D eigenvalue weighted by Crippen LogP contribution is -2.36. The number of hydrogen-bond donors (Lipinski definition) is 3. The second-order valence-electron chi connectivity index (χ2n) is 5.31. The lowest BCUT2D eigenvalue weighted by molar-refractivity contribution is -0.00384. The Morgan fingerprint density at radius 3 is 2.86 bits per heavy atom. The fourth-order valence-electron chi connectivity index (χ4n) is 2.81. The summed E-state index contributed by atoms with van der Waals surface area (Å²) >= 11 is 5.73. The predicted octanol–water partition coefficient (Wildman–Crippen LogP) is 0.0515. The summed E-state index contributed by atoms with van der Waals surface area (Å²) in [5, 5.41) is 20.0. The molecule has 3 heterocycles. The minimum Gasteiger partial charge on any atom is -0.388 e. The van der Waals surface area contributed by atoms with Gasteiger partial charge in [0.25, 0.3) is 0 Å². The number of aliphatic hydroxyl groups is 2. The zero-order valence-corrected chi connectivity index (χ0v) is 12.0. The molecule has 7 nitrogen and oxygen atoms in total. The van der Waals surface area contributed by atoms with Crippen molar-refractivity contribution in [2.45, 2.75) is 37.3 Å². The van der Waals surface area contributed by atoms with E-state index in [9.17, 15) is 10.2 Å². The van der Waals surface area contributed by atoms with Crippen LogP contribution in [0.3, 0.4) is 0 Å². The molecule has 3 rings (SSSR count). The van der Waals surface area contributed by atoms with E-state index in [0.29, 0.717) is 24.3 Å². The number of halogens is 1. The van der Waals surface area contributed by atoms with Crippen LogP contribution in [0.2, 0.25) is 0 Å². The van der Waals surface area contributed by atoms with Crippen LogP contribution in [0.15, 0.2) is 11.3 Å². The van der Waals surface area contributed by atoms with Crippen LogP contribution in [-0.2, 0) is 11.2 Å². The zero-order valence-electron chi connectivity index (χ0n) is 11.3. The molecule has 1 aromatic heterocycles. The van der Waals surface area contributed by atoms with Crippen molar-refractivity contribution < 1.29 is 14.9 Å². The van der Waals surface area contributed by atoms with Gasteiger partial charge in [0, 0.05) is 12.1 Å². The molecule has 0 aromatic carbocycles. The molecule has 8 heteroatoms. The second-order valence-corrected chi connectivity index (χ2v) is 5.62. The van der Waals surface area contributed by atoms with Gasteiger partial charge in [-0.25, -0.2) is 9.97 Å². The van der Waals surface area contributed by atoms with Gasteiger partial charge >= 0.3 is 0 Å². The fraction of sp³-hybridized carbons (Fsp3) is 0.615. The number of rotatable bonds is 2. The first-order valence-corrected chi connectivity index (χ1v) is 7.36. The molecule has 1 fully saturated rings. The third-order valence-corrected chi connectivity index (χ3v) is 4.31. The monoisotopic (exact) mass is 312 g/mol. The molecule has 0 bridgehead atoms. The van der Waals surface area contributed by atoms with Crippen molar-refractivity contribution in [2.24, 2.45) is 10.9 Å². The van der Waals surface area contributed by atoms with E-state index in [0.717, 1.165) is 5.69 Å². The summed E-state index contributed by atoms with van der Waals surface area (Å²) in [6.07, 6.45) is 1.41. The topological polar surface area (TPSA) is 114 Å². The molecule has 114 valence electrons. The first-order valence-electron chi connectivity index (χ1n) is 6.83. The highest BCUT2D eigenvalue weighted by molar-refractivity contribution is 6.18. The molecule has 1 aromatic rings. The van der Waals surface area contributed by atoms with E-state index in [1.165, 1.54) is 6.33 Å². The summed E-state index contributed by atoms with van der Waals surface area (Å²) < 4.78 is 5.67. The van der Waals surface area contributed by atoms with Crippen LogP contribution in [0.4, 0.5) is 11.5 Å². The van der Waals surface area contributed by atoms with Crippen molar-refractivity contribution in [3.63, 3.8) is 0 Å². The average Bonchev–Trinajstić information content (AvgIpc) is 2.67. The first kappa shape index (κ1) is 14.6. The van der Waals surface area contributed by atoms with Crippen LogP contribution in [0, 0.1) is 5.92 Å². The van der Waals surface area contributed by atoms with E-state index >= 15 is 0 Å². The summed E-state index contributed by atoms with van der Waals surface area (Å²) in [4.78, 5) is 12.5. The number of fused-ring (bicyclic) bond motifs is 1. The van der Waals surface area contributed by atoms with Crippen molar-refractivity contribution in [1.29, 1.82) is 0 Å². The maximum atomic E-state index is 10.1. The number of aromatic nitrogens is 2. The zero-order chi connectivity index (χ0) is 15.0. The molecule has 1 saturated heterocycles. The summed E-state index contributed by atoms with van der Waals surface area (Å²) in [7, 11) is 0. The normalized spacial score (nSPS) is 35.5. The van der Waals surface area contributed by atoms with Gasteiger partial charge in [0.2, 0.25) is 0 Å². The van der Waals surface area contributed by atoms with E-state index in [2.05, 4.69) is 15.0 Å². The van der Waals surface area contributed by atoms with Crippen LogP contribution in [-0.4, -0.2) is 56.7 Å². The van der Waals surface area contributed by atoms with E-state index in [1.807, 2.05) is 0 Å². The van der Waals surface area contributed by atoms with Crippen molar-refractivity contribution in [2.75, 3.05) is 11.6 Å². The molecule has 3 unspecified atom stereocenters. The largest absolute Gasteiger partial charge is 0.388 e. The minimum absolute atomic E-state index is 0.136. The molecule has 2 aliphatic rings. The second kappa shape index (κ2) is 5.84. The first-order chi connectivity index (χ1) is 10.1. The highest BCUT2D eigenvalue weighted by Gasteiger charge is 2.45. The Balaban J connectivity index is 1.81. The predicted molar refractivity (Wildman–Crippen MR) is 77.8 cm³/mol. The maximum absolute atomic E-state index is 10.1. The standard InChI is InChI=1S/C13H17ClN4O3/c14-3-8-10(19)11(20)12(21-8)6-1-2-7-9(16-4-6)13(15)18-5-17-7/h4-6,8,10-12,19-20H,1-3H2,(H2,15,17,18)/t6?,8?,10-,11-,12?/m0/s1. The number of nitrogens with two attached hydrogens (primary N) is 1. The Hall–Kier alpha value is -1.28. The van der Waals surface area contributed by atoms with Gasteiger partial charge < -0.3 is 20.7 Å². The van der Waals surface area contributed by atoms with Crippen LogP contribution in [0.1, 0.15) is 12.1 Å². The van der Waals surface area contributed by atoms with Gasteiger partial charge in [-0.15, -0.1) is 11.6 Å². The molecule has 0 saturated carbocycles. The summed E-state index contributed by atoms with van der Waals surface area (Å²) in [6, 6.07) is 0. The number of aryl methyl sites for hydroxylation is 1. The van der Waals surface area contributed by atoms with Crippen molar-refractivity contribution >= 4 is 29.3 Å². The van der Waals surface area contributed by atoms with Gasteiger partial charge in [0.15, 0.2) is 5.82 Å². The third kappa shape index (κ3) is 2.62. The summed E-state index contributed by atoms with van der Waals surface area (Å²) in [6.45, 7) is 0. The van der Waals surface area contributed by atoms with Gasteiger partial charge in [-0.3, -0.25) is 4.99 Å². The van der Waals surface area contributed by atoms with Crippen molar-refractivity contribution in [3.05, 3.63) is 12.0 Å². The number of nitrogens with zero attached hydrogens (tertiary/aromatic N) is 3. The fourth-order valence-corrected chi connectivity index (χ4v) is 3.07. The molecule has 0 aliphatic carbocycles. The number of nitrogen functional groups attached to an aromatic ring is 1. The van der Waals surface area contributed by atoms with Crippen LogP contribution in [0.25, 0.3) is 0 Å². The quantitative estimate of drug-likeness (QED) is 0.665. The Kier molecular flexibility index (Phi) is 4.08. The highest BCUT2D eigenvalue weighted by atomic mass is 35.5. The number of aliphatic imine (C=N–C) groups is 1. The highest BCUT2D eigenvalue weighted by Crippen LogP contribution is 2.33. The number of alkyl halides is 1. The van der Waals surface area contributed by atoms with E-state index in [-0.39, 0.29) is 11.8 Å². The number of aliphatic hydroxyl groups excluding tert-OH is 2. The van der Waals surface area contributed by atoms with Gasteiger partial charge in [0.1, 0.15) is 30.3 Å². The summed E-state index contributed by atoms with van der Waals surface area (Å²) in [5.74, 6) is 0.331. The number of anilines is 1. The lowest BCUT2D eigenvalue weighted by Gasteiger charge is -2.21.